The minimum absolute atomic E-state index is 0.159. The van der Waals surface area contributed by atoms with Gasteiger partial charge in [0.15, 0.2) is 0 Å². The smallest absolute Gasteiger partial charge is 0.420 e. The average molecular weight is 262 g/mol. The van der Waals surface area contributed by atoms with Crippen molar-refractivity contribution in [1.29, 1.82) is 0 Å². The van der Waals surface area contributed by atoms with Gasteiger partial charge in [-0.25, -0.2) is 9.59 Å². The zero-order chi connectivity index (χ0) is 14.4. The Morgan fingerprint density at radius 1 is 1.32 bits per heavy atom. The van der Waals surface area contributed by atoms with Gasteiger partial charge in [-0.05, 0) is 24.0 Å². The largest absolute Gasteiger partial charge is 0.464 e. The lowest BCUT2D eigenvalue weighted by atomic mass is 9.86. The Balaban J connectivity index is 3.03. The zero-order valence-corrected chi connectivity index (χ0v) is 11.6. The first-order valence-electron chi connectivity index (χ1n) is 6.27. The molecule has 0 spiro atoms. The van der Waals surface area contributed by atoms with E-state index in [-0.39, 0.29) is 5.41 Å². The van der Waals surface area contributed by atoms with E-state index in [0.717, 1.165) is 10.1 Å². The van der Waals surface area contributed by atoms with Crippen LogP contribution >= 0.6 is 0 Å². The highest BCUT2D eigenvalue weighted by atomic mass is 16.4. The van der Waals surface area contributed by atoms with Gasteiger partial charge in [-0.3, -0.25) is 4.57 Å². The first-order chi connectivity index (χ1) is 8.79. The second kappa shape index (κ2) is 4.26. The molecule has 0 saturated heterocycles. The van der Waals surface area contributed by atoms with E-state index in [1.54, 1.807) is 12.1 Å². The third-order valence-electron chi connectivity index (χ3n) is 3.26. The molecule has 0 radical (unpaired) electrons. The number of hydrogen-bond acceptors (Lipinski definition) is 2. The van der Waals surface area contributed by atoms with Crippen LogP contribution in [0.2, 0.25) is 0 Å². The molecule has 0 fully saturated rings. The molecular formula is C14H18N2O3. The van der Waals surface area contributed by atoms with Gasteiger partial charge in [-0.15, -0.1) is 0 Å². The van der Waals surface area contributed by atoms with Gasteiger partial charge in [-0.1, -0.05) is 32.9 Å². The molecule has 0 saturated carbocycles. The molecule has 0 aliphatic carbocycles. The van der Waals surface area contributed by atoms with E-state index in [1.165, 1.54) is 4.57 Å². The Kier molecular flexibility index (Phi) is 3.00. The molecule has 1 N–H and O–H groups in total. The molecular weight excluding hydrogens is 244 g/mol. The Morgan fingerprint density at radius 2 is 1.95 bits per heavy atom. The van der Waals surface area contributed by atoms with Crippen LogP contribution in [0.4, 0.5) is 4.79 Å². The molecule has 0 aliphatic rings. The van der Waals surface area contributed by atoms with Crippen LogP contribution in [0.5, 0.6) is 0 Å². The lowest BCUT2D eigenvalue weighted by Crippen LogP contribution is -2.28. The molecule has 2 aromatic rings. The summed E-state index contributed by atoms with van der Waals surface area (Å²) in [5.41, 5.74) is 1.48. The van der Waals surface area contributed by atoms with E-state index in [0.29, 0.717) is 17.6 Å². The molecule has 0 amide bonds. The maximum Gasteiger partial charge on any atom is 0.420 e. The highest BCUT2D eigenvalue weighted by molar-refractivity contribution is 5.88. The van der Waals surface area contributed by atoms with Crippen molar-refractivity contribution in [1.82, 2.24) is 9.13 Å². The molecule has 19 heavy (non-hydrogen) atoms. The summed E-state index contributed by atoms with van der Waals surface area (Å²) in [6.45, 7) is 8.42. The quantitative estimate of drug-likeness (QED) is 0.859. The predicted octanol–water partition coefficient (Wildman–Crippen LogP) is 2.65. The number of fused-ring (bicyclic) bond motifs is 1. The van der Waals surface area contributed by atoms with Gasteiger partial charge in [0.2, 0.25) is 0 Å². The lowest BCUT2D eigenvalue weighted by Gasteiger charge is -2.20. The molecule has 2 rings (SSSR count). The Morgan fingerprint density at radius 3 is 2.42 bits per heavy atom. The number of rotatable bonds is 1. The summed E-state index contributed by atoms with van der Waals surface area (Å²) in [6.07, 6.45) is -1.24. The molecule has 1 heterocycles. The summed E-state index contributed by atoms with van der Waals surface area (Å²) in [5, 5.41) is 9.22. The van der Waals surface area contributed by atoms with E-state index in [2.05, 4.69) is 0 Å². The van der Waals surface area contributed by atoms with Crippen LogP contribution in [-0.4, -0.2) is 20.3 Å². The fourth-order valence-corrected chi connectivity index (χ4v) is 2.40. The number of imidazole rings is 1. The van der Waals surface area contributed by atoms with Gasteiger partial charge in [-0.2, -0.15) is 4.57 Å². The summed E-state index contributed by atoms with van der Waals surface area (Å²) < 4.78 is 2.33. The van der Waals surface area contributed by atoms with Gasteiger partial charge in [0, 0.05) is 6.54 Å². The fourth-order valence-electron chi connectivity index (χ4n) is 2.40. The molecule has 5 nitrogen and oxygen atoms in total. The fraction of sp³-hybridized carbons (Fsp3) is 0.429. The van der Waals surface area contributed by atoms with Crippen molar-refractivity contribution >= 4 is 17.1 Å². The van der Waals surface area contributed by atoms with Gasteiger partial charge in [0.05, 0.1) is 11.0 Å². The lowest BCUT2D eigenvalue weighted by molar-refractivity contribution is 0.196. The van der Waals surface area contributed by atoms with Crippen molar-refractivity contribution in [2.24, 2.45) is 0 Å². The second-order valence-corrected chi connectivity index (χ2v) is 5.57. The number of nitrogens with zero attached hydrogens (tertiary/aromatic N) is 2. The third kappa shape index (κ3) is 1.95. The van der Waals surface area contributed by atoms with Crippen LogP contribution in [0.3, 0.4) is 0 Å². The van der Waals surface area contributed by atoms with E-state index < -0.39 is 11.8 Å². The maximum absolute atomic E-state index is 12.2. The van der Waals surface area contributed by atoms with Crippen molar-refractivity contribution < 1.29 is 9.90 Å². The first-order valence-corrected chi connectivity index (χ1v) is 6.27. The molecule has 1 aromatic carbocycles. The summed E-state index contributed by atoms with van der Waals surface area (Å²) in [6, 6.07) is 5.41. The van der Waals surface area contributed by atoms with Crippen molar-refractivity contribution in [2.75, 3.05) is 0 Å². The Bertz CT molecular complexity index is 702. The zero-order valence-electron chi connectivity index (χ0n) is 11.6. The van der Waals surface area contributed by atoms with Gasteiger partial charge in [0.25, 0.3) is 0 Å². The molecule has 1 aromatic heterocycles. The average Bonchev–Trinajstić information content (AvgIpc) is 2.58. The Hall–Kier alpha value is -2.04. The van der Waals surface area contributed by atoms with Crippen molar-refractivity contribution in [2.45, 2.75) is 39.7 Å². The van der Waals surface area contributed by atoms with Crippen LogP contribution in [0.15, 0.2) is 23.0 Å². The first kappa shape index (κ1) is 13.4. The van der Waals surface area contributed by atoms with Crippen LogP contribution < -0.4 is 5.69 Å². The SMILES string of the molecule is CCn1c(=O)n(C(=O)O)c2cccc(C(C)(C)C)c21. The van der Waals surface area contributed by atoms with E-state index in [9.17, 15) is 14.7 Å². The van der Waals surface area contributed by atoms with E-state index in [1.807, 2.05) is 33.8 Å². The summed E-state index contributed by atoms with van der Waals surface area (Å²) in [4.78, 5) is 23.5. The molecule has 0 atom stereocenters. The second-order valence-electron chi connectivity index (χ2n) is 5.57. The highest BCUT2D eigenvalue weighted by Crippen LogP contribution is 2.29. The third-order valence-corrected chi connectivity index (χ3v) is 3.26. The number of carboxylic acid groups (broad SMARTS) is 1. The summed E-state index contributed by atoms with van der Waals surface area (Å²) in [5.74, 6) is 0. The van der Waals surface area contributed by atoms with E-state index >= 15 is 0 Å². The molecule has 0 aliphatic heterocycles. The monoisotopic (exact) mass is 262 g/mol. The van der Waals surface area contributed by atoms with Crippen LogP contribution in [-0.2, 0) is 12.0 Å². The number of para-hydroxylation sites is 1. The van der Waals surface area contributed by atoms with Crippen LogP contribution in [0, 0.1) is 0 Å². The number of aryl methyl sites for hydroxylation is 1. The van der Waals surface area contributed by atoms with Gasteiger partial charge in [0.1, 0.15) is 0 Å². The molecule has 5 heteroatoms. The molecule has 102 valence electrons. The van der Waals surface area contributed by atoms with Crippen LogP contribution in [0.1, 0.15) is 33.3 Å². The van der Waals surface area contributed by atoms with Gasteiger partial charge >= 0.3 is 11.8 Å². The number of carbonyl (C=O) groups is 1. The molecule has 0 bridgehead atoms. The Labute approximate surface area is 111 Å². The van der Waals surface area contributed by atoms with E-state index in [4.69, 9.17) is 0 Å². The minimum Gasteiger partial charge on any atom is -0.464 e. The summed E-state index contributed by atoms with van der Waals surface area (Å²) >= 11 is 0. The van der Waals surface area contributed by atoms with Crippen LogP contribution in [0.25, 0.3) is 11.0 Å². The van der Waals surface area contributed by atoms with Crippen molar-refractivity contribution in [3.63, 3.8) is 0 Å². The van der Waals surface area contributed by atoms with Crippen molar-refractivity contribution in [3.05, 3.63) is 34.2 Å². The highest BCUT2D eigenvalue weighted by Gasteiger charge is 2.24. The normalized spacial score (nSPS) is 12.0. The molecule has 0 unspecified atom stereocenters. The van der Waals surface area contributed by atoms with Crippen molar-refractivity contribution in [3.8, 4) is 0 Å². The number of benzene rings is 1. The van der Waals surface area contributed by atoms with Gasteiger partial charge < -0.3 is 5.11 Å². The maximum atomic E-state index is 12.2. The number of aromatic nitrogens is 2. The topological polar surface area (TPSA) is 64.2 Å². The standard InChI is InChI=1S/C14H18N2O3/c1-5-15-11-9(14(2,3)4)7-6-8-10(11)16(12(15)17)13(18)19/h6-8H,5H2,1-4H3,(H,18,19). The summed E-state index contributed by atoms with van der Waals surface area (Å²) in [7, 11) is 0. The number of hydrogen-bond donors (Lipinski definition) is 1. The predicted molar refractivity (Wildman–Crippen MR) is 74.0 cm³/mol. The minimum atomic E-state index is -1.24.